The van der Waals surface area contributed by atoms with E-state index in [4.69, 9.17) is 4.42 Å². The maximum atomic E-state index is 13.2. The van der Waals surface area contributed by atoms with Gasteiger partial charge in [0.05, 0.1) is 6.04 Å². The van der Waals surface area contributed by atoms with Gasteiger partial charge in [-0.2, -0.15) is 0 Å². The lowest BCUT2D eigenvalue weighted by Crippen LogP contribution is -2.26. The van der Waals surface area contributed by atoms with Gasteiger partial charge in [-0.1, -0.05) is 6.07 Å². The van der Waals surface area contributed by atoms with Crippen LogP contribution < -0.4 is 5.32 Å². The molecule has 0 fully saturated rings. The molecule has 1 N–H and O–H groups in total. The summed E-state index contributed by atoms with van der Waals surface area (Å²) in [5, 5.41) is 2.56. The van der Waals surface area contributed by atoms with E-state index >= 15 is 0 Å². The van der Waals surface area contributed by atoms with E-state index in [-0.39, 0.29) is 17.3 Å². The fraction of sp³-hybridized carbons (Fsp3) is 0.267. The lowest BCUT2D eigenvalue weighted by molar-refractivity contribution is 0.0910. The molecule has 1 aromatic carbocycles. The molecule has 5 nitrogen and oxygen atoms in total. The van der Waals surface area contributed by atoms with Crippen molar-refractivity contribution in [1.29, 1.82) is 0 Å². The van der Waals surface area contributed by atoms with Crippen LogP contribution in [0.15, 0.2) is 34.7 Å². The minimum absolute atomic E-state index is 0.0573. The monoisotopic (exact) mass is 343 g/mol. The van der Waals surface area contributed by atoms with Crippen LogP contribution in [-0.4, -0.2) is 20.6 Å². The predicted molar refractivity (Wildman–Crippen MR) is 79.5 cm³/mol. The second-order valence-corrected chi connectivity index (χ2v) is 7.34. The van der Waals surface area contributed by atoms with E-state index in [0.29, 0.717) is 5.56 Å². The molecule has 0 spiro atoms. The molecule has 0 bridgehead atoms. The Balaban J connectivity index is 2.07. The molecule has 0 aliphatic rings. The van der Waals surface area contributed by atoms with Crippen LogP contribution in [0, 0.1) is 11.6 Å². The third-order valence-electron chi connectivity index (χ3n) is 3.08. The highest BCUT2D eigenvalue weighted by atomic mass is 32.2. The van der Waals surface area contributed by atoms with Crippen molar-refractivity contribution in [2.45, 2.75) is 18.7 Å². The summed E-state index contributed by atoms with van der Waals surface area (Å²) in [5.74, 6) is -2.77. The molecular weight excluding hydrogens is 328 g/mol. The number of furan rings is 1. The molecule has 8 heteroatoms. The second-order valence-electron chi connectivity index (χ2n) is 5.20. The number of hydrogen-bond donors (Lipinski definition) is 1. The van der Waals surface area contributed by atoms with Gasteiger partial charge in [0.2, 0.25) is 0 Å². The Kier molecular flexibility index (Phi) is 4.84. The summed E-state index contributed by atoms with van der Waals surface area (Å²) >= 11 is 0. The van der Waals surface area contributed by atoms with Crippen LogP contribution in [-0.2, 0) is 15.6 Å². The minimum atomic E-state index is -3.27. The maximum absolute atomic E-state index is 13.2. The molecule has 1 amide bonds. The van der Waals surface area contributed by atoms with Crippen molar-refractivity contribution in [2.75, 3.05) is 6.26 Å². The summed E-state index contributed by atoms with van der Waals surface area (Å²) in [6, 6.07) is 5.51. The van der Waals surface area contributed by atoms with Gasteiger partial charge in [-0.3, -0.25) is 4.79 Å². The van der Waals surface area contributed by atoms with Crippen molar-refractivity contribution in [3.63, 3.8) is 0 Å². The van der Waals surface area contributed by atoms with Crippen LogP contribution in [0.5, 0.6) is 0 Å². The third-order valence-corrected chi connectivity index (χ3v) is 3.89. The van der Waals surface area contributed by atoms with Crippen LogP contribution in [0.3, 0.4) is 0 Å². The first-order chi connectivity index (χ1) is 10.7. The molecule has 2 aromatic rings. The average Bonchev–Trinajstić information content (AvgIpc) is 2.88. The zero-order valence-electron chi connectivity index (χ0n) is 12.5. The molecule has 1 atom stereocenters. The number of rotatable bonds is 5. The maximum Gasteiger partial charge on any atom is 0.287 e. The van der Waals surface area contributed by atoms with E-state index in [1.54, 1.807) is 6.92 Å². The second kappa shape index (κ2) is 6.49. The summed E-state index contributed by atoms with van der Waals surface area (Å²) in [4.78, 5) is 12.0. The topological polar surface area (TPSA) is 76.4 Å². The molecule has 2 rings (SSSR count). The number of carbonyl (C=O) groups excluding carboxylic acids is 1. The number of halogens is 2. The van der Waals surface area contributed by atoms with Crippen molar-refractivity contribution in [1.82, 2.24) is 5.32 Å². The summed E-state index contributed by atoms with van der Waals surface area (Å²) in [5.41, 5.74) is 0.389. The number of carbonyl (C=O) groups is 1. The van der Waals surface area contributed by atoms with Crippen molar-refractivity contribution in [3.8, 4) is 0 Å². The van der Waals surface area contributed by atoms with E-state index in [2.05, 4.69) is 5.32 Å². The predicted octanol–water partition coefficient (Wildman–Crippen LogP) is 2.59. The van der Waals surface area contributed by atoms with Crippen LogP contribution in [0.1, 0.15) is 34.8 Å². The number of hydrogen-bond acceptors (Lipinski definition) is 4. The fourth-order valence-electron chi connectivity index (χ4n) is 1.97. The van der Waals surface area contributed by atoms with Gasteiger partial charge >= 0.3 is 0 Å². The Morgan fingerprint density at radius 2 is 1.91 bits per heavy atom. The van der Waals surface area contributed by atoms with Crippen molar-refractivity contribution < 1.29 is 26.4 Å². The molecule has 0 aliphatic carbocycles. The van der Waals surface area contributed by atoms with Gasteiger partial charge in [-0.25, -0.2) is 17.2 Å². The smallest absolute Gasteiger partial charge is 0.287 e. The van der Waals surface area contributed by atoms with E-state index in [0.717, 1.165) is 18.4 Å². The van der Waals surface area contributed by atoms with Gasteiger partial charge < -0.3 is 9.73 Å². The quantitative estimate of drug-likeness (QED) is 0.905. The van der Waals surface area contributed by atoms with Gasteiger partial charge in [0.15, 0.2) is 27.2 Å². The Morgan fingerprint density at radius 1 is 1.22 bits per heavy atom. The first-order valence-corrected chi connectivity index (χ1v) is 8.74. The highest BCUT2D eigenvalue weighted by molar-refractivity contribution is 7.89. The van der Waals surface area contributed by atoms with Gasteiger partial charge in [-0.05, 0) is 36.8 Å². The number of amides is 1. The lowest BCUT2D eigenvalue weighted by atomic mass is 10.1. The molecular formula is C15H15F2NO4S. The van der Waals surface area contributed by atoms with Gasteiger partial charge in [-0.15, -0.1) is 0 Å². The number of nitrogens with one attached hydrogen (secondary N) is 1. The third kappa shape index (κ3) is 4.62. The normalized spacial score (nSPS) is 12.9. The molecule has 0 saturated carbocycles. The fourth-order valence-corrected chi connectivity index (χ4v) is 2.64. The first kappa shape index (κ1) is 17.1. The van der Waals surface area contributed by atoms with Crippen molar-refractivity contribution in [3.05, 3.63) is 59.1 Å². The first-order valence-electron chi connectivity index (χ1n) is 6.68. The van der Waals surface area contributed by atoms with Gasteiger partial charge in [0, 0.05) is 6.26 Å². The summed E-state index contributed by atoms with van der Waals surface area (Å²) in [6.07, 6.45) is 1.06. The van der Waals surface area contributed by atoms with Crippen molar-refractivity contribution in [2.24, 2.45) is 0 Å². The highest BCUT2D eigenvalue weighted by Crippen LogP contribution is 2.17. The SMILES string of the molecule is C[C@H](NC(=O)c1ccc(CS(C)(=O)=O)o1)c1ccc(F)c(F)c1. The van der Waals surface area contributed by atoms with Crippen LogP contribution in [0.2, 0.25) is 0 Å². The number of sulfone groups is 1. The largest absolute Gasteiger partial charge is 0.455 e. The standard InChI is InChI=1S/C15H15F2NO4S/c1-9(10-3-5-12(16)13(17)7-10)18-15(19)14-6-4-11(22-14)8-23(2,20)21/h3-7,9H,8H2,1-2H3,(H,18,19)/t9-/m0/s1. The molecule has 0 radical (unpaired) electrons. The Hall–Kier alpha value is -2.22. The Labute approximate surface area is 132 Å². The molecule has 124 valence electrons. The van der Waals surface area contributed by atoms with Crippen LogP contribution in [0.4, 0.5) is 8.78 Å². The number of benzene rings is 1. The molecule has 1 heterocycles. The van der Waals surface area contributed by atoms with Gasteiger partial charge in [0.1, 0.15) is 11.5 Å². The van der Waals surface area contributed by atoms with Crippen LogP contribution in [0.25, 0.3) is 0 Å². The summed E-state index contributed by atoms with van der Waals surface area (Å²) in [6.45, 7) is 1.60. The zero-order chi connectivity index (χ0) is 17.2. The molecule has 1 aromatic heterocycles. The molecule has 0 unspecified atom stereocenters. The Bertz CT molecular complexity index is 830. The summed E-state index contributed by atoms with van der Waals surface area (Å²) < 4.78 is 53.6. The minimum Gasteiger partial charge on any atom is -0.455 e. The Morgan fingerprint density at radius 3 is 2.52 bits per heavy atom. The average molecular weight is 343 g/mol. The van der Waals surface area contributed by atoms with Crippen molar-refractivity contribution >= 4 is 15.7 Å². The summed E-state index contributed by atoms with van der Waals surface area (Å²) in [7, 11) is -3.27. The van der Waals surface area contributed by atoms with E-state index < -0.39 is 33.4 Å². The zero-order valence-corrected chi connectivity index (χ0v) is 13.3. The molecule has 0 aliphatic heterocycles. The molecule has 23 heavy (non-hydrogen) atoms. The van der Waals surface area contributed by atoms with E-state index in [1.165, 1.54) is 18.2 Å². The molecule has 0 saturated heterocycles. The van der Waals surface area contributed by atoms with Gasteiger partial charge in [0.25, 0.3) is 5.91 Å². The lowest BCUT2D eigenvalue weighted by Gasteiger charge is -2.13. The van der Waals surface area contributed by atoms with E-state index in [1.807, 2.05) is 0 Å². The highest BCUT2D eigenvalue weighted by Gasteiger charge is 2.17. The van der Waals surface area contributed by atoms with Crippen LogP contribution >= 0.6 is 0 Å². The van der Waals surface area contributed by atoms with E-state index in [9.17, 15) is 22.0 Å².